The van der Waals surface area contributed by atoms with E-state index in [4.69, 9.17) is 0 Å². The molecule has 0 radical (unpaired) electrons. The first-order chi connectivity index (χ1) is 9.36. The van der Waals surface area contributed by atoms with Gasteiger partial charge in [-0.2, -0.15) is 13.2 Å². The second kappa shape index (κ2) is 5.51. The summed E-state index contributed by atoms with van der Waals surface area (Å²) in [5.74, 6) is -0.105. The largest absolute Gasteiger partial charge is 0.530 e. The molecule has 1 N–H and O–H groups in total. The highest BCUT2D eigenvalue weighted by Crippen LogP contribution is 2.27. The van der Waals surface area contributed by atoms with Crippen molar-refractivity contribution in [2.45, 2.75) is 25.1 Å². The Balaban J connectivity index is 1.96. The quantitative estimate of drug-likeness (QED) is 0.867. The number of nitrogens with one attached hydrogen (secondary N) is 1. The molecule has 0 atom stereocenters. The zero-order chi connectivity index (χ0) is 14.8. The number of rotatable bonds is 2. The third kappa shape index (κ3) is 3.49. The first-order valence-corrected chi connectivity index (χ1v) is 5.99. The Kier molecular flexibility index (Phi) is 3.96. The number of alkyl halides is 3. The van der Waals surface area contributed by atoms with Crippen molar-refractivity contribution < 1.29 is 23.1 Å². The Bertz CT molecular complexity index is 487. The van der Waals surface area contributed by atoms with Gasteiger partial charge in [0, 0.05) is 25.3 Å². The fraction of sp³-hybridized carbons (Fsp3) is 0.545. The normalized spacial score (nSPS) is 17.1. The summed E-state index contributed by atoms with van der Waals surface area (Å²) in [4.78, 5) is 18.9. The third-order valence-corrected chi connectivity index (χ3v) is 3.03. The molecule has 1 aliphatic heterocycles. The second-order valence-electron chi connectivity index (χ2n) is 4.43. The number of anilines is 1. The predicted octanol–water partition coefficient (Wildman–Crippen LogP) is 0.715. The molecule has 0 spiro atoms. The molecular weight excluding hydrogens is 277 g/mol. The van der Waals surface area contributed by atoms with E-state index in [1.54, 1.807) is 0 Å². The summed E-state index contributed by atoms with van der Waals surface area (Å²) in [5.41, 5.74) is -1.01. The maximum atomic E-state index is 12.5. The summed E-state index contributed by atoms with van der Waals surface area (Å²) >= 11 is 0. The Hall–Kier alpha value is -2.06. The van der Waals surface area contributed by atoms with E-state index in [1.807, 2.05) is 0 Å². The summed E-state index contributed by atoms with van der Waals surface area (Å²) in [6, 6.07) is 0.637. The lowest BCUT2D eigenvalue weighted by molar-refractivity contribution is -0.266. The number of nitrogens with zero attached hydrogens (tertiary/aromatic N) is 3. The third-order valence-electron chi connectivity index (χ3n) is 3.03. The van der Waals surface area contributed by atoms with Crippen LogP contribution in [0.5, 0.6) is 0 Å². The van der Waals surface area contributed by atoms with Crippen LogP contribution in [0.25, 0.3) is 0 Å². The van der Waals surface area contributed by atoms with Crippen molar-refractivity contribution in [2.24, 2.45) is 0 Å². The molecular formula is C11H12F3N4O2-. The minimum Gasteiger partial charge on any atom is -0.530 e. The van der Waals surface area contributed by atoms with E-state index < -0.39 is 18.0 Å². The highest BCUT2D eigenvalue weighted by Gasteiger charge is 2.33. The van der Waals surface area contributed by atoms with Crippen LogP contribution in [0.15, 0.2) is 12.3 Å². The standard InChI is InChI=1S/C11H13F3N4O2/c12-11(13,14)8-1-4-15-9(17-8)16-7-2-5-18(6-3-7)10(19)20/h1,4,7H,2-3,5-6H2,(H,19,20)(H,15,16,17)/p-1. The van der Waals surface area contributed by atoms with Gasteiger partial charge in [-0.1, -0.05) is 0 Å². The molecule has 110 valence electrons. The molecule has 1 fully saturated rings. The van der Waals surface area contributed by atoms with E-state index in [1.165, 1.54) is 0 Å². The minimum atomic E-state index is -4.52. The molecule has 0 bridgehead atoms. The fourth-order valence-corrected chi connectivity index (χ4v) is 1.98. The van der Waals surface area contributed by atoms with Crippen LogP contribution in [0, 0.1) is 0 Å². The maximum absolute atomic E-state index is 12.5. The van der Waals surface area contributed by atoms with Gasteiger partial charge in [-0.15, -0.1) is 0 Å². The summed E-state index contributed by atoms with van der Waals surface area (Å²) in [7, 11) is 0. The molecule has 6 nitrogen and oxygen atoms in total. The van der Waals surface area contributed by atoms with Gasteiger partial charge < -0.3 is 20.1 Å². The van der Waals surface area contributed by atoms with Crippen molar-refractivity contribution in [3.05, 3.63) is 18.0 Å². The first-order valence-electron chi connectivity index (χ1n) is 5.99. The Morgan fingerprint density at radius 3 is 2.60 bits per heavy atom. The van der Waals surface area contributed by atoms with Crippen LogP contribution in [0.1, 0.15) is 18.5 Å². The number of amides is 1. The SMILES string of the molecule is O=C([O-])N1CCC(Nc2nccc(C(F)(F)F)n2)CC1. The molecule has 1 amide bonds. The van der Waals surface area contributed by atoms with Crippen molar-refractivity contribution >= 4 is 12.0 Å². The second-order valence-corrected chi connectivity index (χ2v) is 4.43. The molecule has 1 aliphatic rings. The van der Waals surface area contributed by atoms with Crippen molar-refractivity contribution in [2.75, 3.05) is 18.4 Å². The van der Waals surface area contributed by atoms with Crippen molar-refractivity contribution in [3.63, 3.8) is 0 Å². The average Bonchev–Trinajstić information content (AvgIpc) is 2.38. The van der Waals surface area contributed by atoms with Gasteiger partial charge in [0.05, 0.1) is 0 Å². The zero-order valence-corrected chi connectivity index (χ0v) is 10.4. The minimum absolute atomic E-state index is 0.105. The van der Waals surface area contributed by atoms with Gasteiger partial charge in [-0.05, 0) is 18.9 Å². The van der Waals surface area contributed by atoms with E-state index in [2.05, 4.69) is 15.3 Å². The predicted molar refractivity (Wildman–Crippen MR) is 60.6 cm³/mol. The molecule has 2 rings (SSSR count). The molecule has 0 aliphatic carbocycles. The molecule has 0 saturated carbocycles. The van der Waals surface area contributed by atoms with Gasteiger partial charge in [0.15, 0.2) is 0 Å². The molecule has 20 heavy (non-hydrogen) atoms. The lowest BCUT2D eigenvalue weighted by atomic mass is 10.1. The molecule has 2 heterocycles. The number of carboxylic acid groups (broad SMARTS) is 1. The van der Waals surface area contributed by atoms with Gasteiger partial charge in [0.25, 0.3) is 0 Å². The average molecular weight is 289 g/mol. The molecule has 0 aromatic carbocycles. The van der Waals surface area contributed by atoms with Crippen molar-refractivity contribution in [1.29, 1.82) is 0 Å². The van der Waals surface area contributed by atoms with Crippen LogP contribution < -0.4 is 10.4 Å². The van der Waals surface area contributed by atoms with Crippen molar-refractivity contribution in [1.82, 2.24) is 14.9 Å². The topological polar surface area (TPSA) is 81.2 Å². The number of carbonyl (C=O) groups is 1. The monoisotopic (exact) mass is 289 g/mol. The van der Waals surface area contributed by atoms with E-state index in [9.17, 15) is 23.1 Å². The number of piperidine rings is 1. The van der Waals surface area contributed by atoms with Gasteiger partial charge in [-0.25, -0.2) is 9.97 Å². The first kappa shape index (κ1) is 14.4. The smallest absolute Gasteiger partial charge is 0.433 e. The van der Waals surface area contributed by atoms with E-state index in [-0.39, 0.29) is 25.1 Å². The number of hydrogen-bond acceptors (Lipinski definition) is 5. The number of likely N-dealkylation sites (tertiary alicyclic amines) is 1. The molecule has 1 aromatic rings. The summed E-state index contributed by atoms with van der Waals surface area (Å²) in [5, 5.41) is 13.4. The van der Waals surface area contributed by atoms with Crippen LogP contribution in [0.2, 0.25) is 0 Å². The van der Waals surface area contributed by atoms with Crippen molar-refractivity contribution in [3.8, 4) is 0 Å². The maximum Gasteiger partial charge on any atom is 0.433 e. The van der Waals surface area contributed by atoms with E-state index in [0.29, 0.717) is 12.8 Å². The van der Waals surface area contributed by atoms with Gasteiger partial charge >= 0.3 is 6.18 Å². The van der Waals surface area contributed by atoms with Gasteiger partial charge in [0.1, 0.15) is 11.8 Å². The van der Waals surface area contributed by atoms with Gasteiger partial charge in [0.2, 0.25) is 5.95 Å². The molecule has 9 heteroatoms. The van der Waals surface area contributed by atoms with E-state index >= 15 is 0 Å². The van der Waals surface area contributed by atoms with Crippen LogP contribution >= 0.6 is 0 Å². The number of hydrogen-bond donors (Lipinski definition) is 1. The zero-order valence-electron chi connectivity index (χ0n) is 10.4. The van der Waals surface area contributed by atoms with Crippen LogP contribution in [-0.4, -0.2) is 40.1 Å². The summed E-state index contributed by atoms with van der Waals surface area (Å²) in [6.45, 7) is 0.553. The highest BCUT2D eigenvalue weighted by molar-refractivity contribution is 5.62. The Morgan fingerprint density at radius 1 is 1.40 bits per heavy atom. The number of halogens is 3. The Morgan fingerprint density at radius 2 is 2.05 bits per heavy atom. The van der Waals surface area contributed by atoms with E-state index in [0.717, 1.165) is 17.2 Å². The fourth-order valence-electron chi connectivity index (χ4n) is 1.98. The lowest BCUT2D eigenvalue weighted by Crippen LogP contribution is -2.47. The Labute approximate surface area is 112 Å². The summed E-state index contributed by atoms with van der Waals surface area (Å²) < 4.78 is 37.5. The lowest BCUT2D eigenvalue weighted by Gasteiger charge is -2.33. The molecule has 1 aromatic heterocycles. The highest BCUT2D eigenvalue weighted by atomic mass is 19.4. The number of carbonyl (C=O) groups excluding carboxylic acids is 1. The summed E-state index contributed by atoms with van der Waals surface area (Å²) in [6.07, 6.45) is -3.79. The molecule has 0 unspecified atom stereocenters. The molecule has 1 saturated heterocycles. The van der Waals surface area contributed by atoms with Crippen LogP contribution in [0.3, 0.4) is 0 Å². The van der Waals surface area contributed by atoms with Gasteiger partial charge in [-0.3, -0.25) is 0 Å². The van der Waals surface area contributed by atoms with Crippen LogP contribution in [-0.2, 0) is 6.18 Å². The number of aromatic nitrogens is 2. The van der Waals surface area contributed by atoms with Crippen LogP contribution in [0.4, 0.5) is 23.9 Å².